The lowest BCUT2D eigenvalue weighted by atomic mass is 10.1. The van der Waals surface area contributed by atoms with Gasteiger partial charge in [-0.3, -0.25) is 4.79 Å². The molecule has 0 spiro atoms. The van der Waals surface area contributed by atoms with Gasteiger partial charge < -0.3 is 10.1 Å². The molecule has 0 saturated heterocycles. The predicted octanol–water partition coefficient (Wildman–Crippen LogP) is 1.97. The first-order valence-electron chi connectivity index (χ1n) is 7.05. The van der Waals surface area contributed by atoms with Crippen LogP contribution in [0.25, 0.3) is 0 Å². The average molecular weight is 369 g/mol. The van der Waals surface area contributed by atoms with Gasteiger partial charge in [0.1, 0.15) is 5.75 Å². The fraction of sp³-hybridized carbons (Fsp3) is 0.188. The zero-order valence-corrected chi connectivity index (χ0v) is 14.5. The van der Waals surface area contributed by atoms with E-state index >= 15 is 0 Å². The van der Waals surface area contributed by atoms with Crippen molar-refractivity contribution < 1.29 is 17.9 Å². The van der Waals surface area contributed by atoms with Crippen molar-refractivity contribution in [2.24, 2.45) is 5.14 Å². The van der Waals surface area contributed by atoms with Crippen LogP contribution in [-0.2, 0) is 16.4 Å². The van der Waals surface area contributed by atoms with E-state index in [1.807, 2.05) is 0 Å². The molecule has 0 aliphatic carbocycles. The van der Waals surface area contributed by atoms with Gasteiger partial charge in [-0.25, -0.2) is 13.6 Å². The van der Waals surface area contributed by atoms with Crippen LogP contribution in [0.2, 0.25) is 5.02 Å². The third-order valence-corrected chi connectivity index (χ3v) is 4.63. The third-order valence-electron chi connectivity index (χ3n) is 3.37. The average Bonchev–Trinajstić information content (AvgIpc) is 2.55. The smallest absolute Gasteiger partial charge is 0.252 e. The minimum atomic E-state index is -3.70. The second kappa shape index (κ2) is 7.65. The molecule has 0 unspecified atom stereocenters. The normalized spacial score (nSPS) is 11.1. The van der Waals surface area contributed by atoms with Crippen molar-refractivity contribution in [3.63, 3.8) is 0 Å². The highest BCUT2D eigenvalue weighted by Gasteiger charge is 2.11. The summed E-state index contributed by atoms with van der Waals surface area (Å²) in [6.45, 7) is 0.376. The first kappa shape index (κ1) is 18.3. The molecule has 0 aliphatic rings. The number of nitrogens with two attached hydrogens (primary N) is 1. The maximum absolute atomic E-state index is 12.2. The number of hydrogen-bond acceptors (Lipinski definition) is 4. The van der Waals surface area contributed by atoms with Crippen molar-refractivity contribution in [2.75, 3.05) is 13.7 Å². The molecule has 0 aliphatic heterocycles. The molecule has 8 heteroatoms. The summed E-state index contributed by atoms with van der Waals surface area (Å²) in [5.74, 6) is 0.239. The molecule has 2 aromatic rings. The SMILES string of the molecule is COc1ccc(Cl)c(C(=O)NCCc2ccc(S(N)(=O)=O)cc2)c1. The second-order valence-corrected chi connectivity index (χ2v) is 7.01. The van der Waals surface area contributed by atoms with E-state index < -0.39 is 10.0 Å². The number of carbonyl (C=O) groups excluding carboxylic acids is 1. The fourth-order valence-corrected chi connectivity index (χ4v) is 2.79. The van der Waals surface area contributed by atoms with E-state index in [-0.39, 0.29) is 10.8 Å². The Morgan fingerprint density at radius 2 is 1.88 bits per heavy atom. The highest BCUT2D eigenvalue weighted by atomic mass is 35.5. The number of methoxy groups -OCH3 is 1. The Balaban J connectivity index is 1.95. The molecule has 0 atom stereocenters. The Bertz CT molecular complexity index is 836. The van der Waals surface area contributed by atoms with Gasteiger partial charge in [0.25, 0.3) is 5.91 Å². The predicted molar refractivity (Wildman–Crippen MR) is 91.9 cm³/mol. The number of benzene rings is 2. The van der Waals surface area contributed by atoms with Crippen LogP contribution < -0.4 is 15.2 Å². The second-order valence-electron chi connectivity index (χ2n) is 5.04. The van der Waals surface area contributed by atoms with Crippen molar-refractivity contribution in [1.82, 2.24) is 5.32 Å². The molecule has 0 saturated carbocycles. The third kappa shape index (κ3) is 4.70. The van der Waals surface area contributed by atoms with Crippen LogP contribution in [0.3, 0.4) is 0 Å². The van der Waals surface area contributed by atoms with Crippen molar-refractivity contribution in [1.29, 1.82) is 0 Å². The number of amides is 1. The molecule has 6 nitrogen and oxygen atoms in total. The van der Waals surface area contributed by atoms with E-state index in [0.717, 1.165) is 5.56 Å². The Morgan fingerprint density at radius 3 is 2.46 bits per heavy atom. The van der Waals surface area contributed by atoms with Gasteiger partial charge in [0.15, 0.2) is 0 Å². The molecule has 2 aromatic carbocycles. The molecule has 0 fully saturated rings. The van der Waals surface area contributed by atoms with Crippen LogP contribution >= 0.6 is 11.6 Å². The van der Waals surface area contributed by atoms with E-state index in [1.54, 1.807) is 30.3 Å². The number of primary sulfonamides is 1. The summed E-state index contributed by atoms with van der Waals surface area (Å²) in [5, 5.41) is 8.14. The highest BCUT2D eigenvalue weighted by Crippen LogP contribution is 2.21. The number of rotatable bonds is 6. The van der Waals surface area contributed by atoms with Gasteiger partial charge in [0.05, 0.1) is 22.6 Å². The van der Waals surface area contributed by atoms with E-state index in [1.165, 1.54) is 19.2 Å². The molecule has 0 aromatic heterocycles. The monoisotopic (exact) mass is 368 g/mol. The lowest BCUT2D eigenvalue weighted by Crippen LogP contribution is -2.26. The van der Waals surface area contributed by atoms with Crippen LogP contribution in [0.5, 0.6) is 5.75 Å². The molecule has 0 radical (unpaired) electrons. The van der Waals surface area contributed by atoms with E-state index in [9.17, 15) is 13.2 Å². The molecule has 128 valence electrons. The number of carbonyl (C=O) groups is 1. The number of halogens is 1. The van der Waals surface area contributed by atoms with Gasteiger partial charge in [-0.1, -0.05) is 23.7 Å². The summed E-state index contributed by atoms with van der Waals surface area (Å²) in [4.78, 5) is 12.2. The molecular formula is C16H17ClN2O4S. The van der Waals surface area contributed by atoms with Gasteiger partial charge in [-0.15, -0.1) is 0 Å². The lowest BCUT2D eigenvalue weighted by Gasteiger charge is -2.09. The molecule has 3 N–H and O–H groups in total. The summed E-state index contributed by atoms with van der Waals surface area (Å²) >= 11 is 6.02. The summed E-state index contributed by atoms with van der Waals surface area (Å²) in [6, 6.07) is 11.0. The standard InChI is InChI=1S/C16H17ClN2O4S/c1-23-12-4-7-15(17)14(10-12)16(20)19-9-8-11-2-5-13(6-3-11)24(18,21)22/h2-7,10H,8-9H2,1H3,(H,19,20)(H2,18,21,22). The number of nitrogens with one attached hydrogen (secondary N) is 1. The van der Waals surface area contributed by atoms with Gasteiger partial charge in [-0.05, 0) is 42.3 Å². The van der Waals surface area contributed by atoms with E-state index in [0.29, 0.717) is 29.3 Å². The maximum atomic E-state index is 12.2. The Labute approximate surface area is 145 Å². The van der Waals surface area contributed by atoms with Crippen LogP contribution in [0.1, 0.15) is 15.9 Å². The van der Waals surface area contributed by atoms with Crippen LogP contribution in [0.4, 0.5) is 0 Å². The van der Waals surface area contributed by atoms with Crippen LogP contribution in [-0.4, -0.2) is 28.0 Å². The molecule has 24 heavy (non-hydrogen) atoms. The molecule has 0 bridgehead atoms. The topological polar surface area (TPSA) is 98.5 Å². The zero-order valence-electron chi connectivity index (χ0n) is 13.0. The van der Waals surface area contributed by atoms with Crippen molar-refractivity contribution in [3.8, 4) is 5.75 Å². The Hall–Kier alpha value is -2.09. The summed E-state index contributed by atoms with van der Waals surface area (Å²) < 4.78 is 27.4. The quantitative estimate of drug-likeness (QED) is 0.814. The van der Waals surface area contributed by atoms with Crippen molar-refractivity contribution >= 4 is 27.5 Å². The minimum absolute atomic E-state index is 0.0541. The van der Waals surface area contributed by atoms with Gasteiger partial charge in [-0.2, -0.15) is 0 Å². The van der Waals surface area contributed by atoms with E-state index in [4.69, 9.17) is 21.5 Å². The fourth-order valence-electron chi connectivity index (χ4n) is 2.07. The van der Waals surface area contributed by atoms with Gasteiger partial charge in [0.2, 0.25) is 10.0 Å². The minimum Gasteiger partial charge on any atom is -0.497 e. The van der Waals surface area contributed by atoms with Crippen LogP contribution in [0, 0.1) is 0 Å². The first-order chi connectivity index (χ1) is 11.3. The summed E-state index contributed by atoms with van der Waals surface area (Å²) in [7, 11) is -2.19. The molecule has 2 rings (SSSR count). The molecular weight excluding hydrogens is 352 g/mol. The van der Waals surface area contributed by atoms with Gasteiger partial charge in [0, 0.05) is 6.54 Å². The highest BCUT2D eigenvalue weighted by molar-refractivity contribution is 7.89. The zero-order chi connectivity index (χ0) is 17.7. The maximum Gasteiger partial charge on any atom is 0.252 e. The molecule has 0 heterocycles. The molecule has 1 amide bonds. The number of sulfonamides is 1. The lowest BCUT2D eigenvalue weighted by molar-refractivity contribution is 0.0954. The Morgan fingerprint density at radius 1 is 1.21 bits per heavy atom. The number of hydrogen-bond donors (Lipinski definition) is 2. The van der Waals surface area contributed by atoms with Gasteiger partial charge >= 0.3 is 0 Å². The van der Waals surface area contributed by atoms with Crippen molar-refractivity contribution in [3.05, 3.63) is 58.6 Å². The first-order valence-corrected chi connectivity index (χ1v) is 8.97. The Kier molecular flexibility index (Phi) is 5.82. The van der Waals surface area contributed by atoms with Crippen molar-refractivity contribution in [2.45, 2.75) is 11.3 Å². The summed E-state index contributed by atoms with van der Waals surface area (Å²) in [6.07, 6.45) is 0.540. The van der Waals surface area contributed by atoms with Crippen LogP contribution in [0.15, 0.2) is 47.4 Å². The van der Waals surface area contributed by atoms with E-state index in [2.05, 4.69) is 5.32 Å². The largest absolute Gasteiger partial charge is 0.497 e. The number of ether oxygens (including phenoxy) is 1. The summed E-state index contributed by atoms with van der Waals surface area (Å²) in [5.41, 5.74) is 1.21.